The fourth-order valence-electron chi connectivity index (χ4n) is 3.38. The summed E-state index contributed by atoms with van der Waals surface area (Å²) in [7, 11) is 3.60. The summed E-state index contributed by atoms with van der Waals surface area (Å²) >= 11 is 0. The van der Waals surface area contributed by atoms with Gasteiger partial charge in [-0.1, -0.05) is 26.0 Å². The normalized spacial score (nSPS) is 20.5. The predicted octanol–water partition coefficient (Wildman–Crippen LogP) is 1.64. The summed E-state index contributed by atoms with van der Waals surface area (Å²) in [5.74, 6) is 0.482. The molecule has 1 fully saturated rings. The molecule has 1 aliphatic rings. The largest absolute Gasteiger partial charge is 0.368 e. The highest BCUT2D eigenvalue weighted by molar-refractivity contribution is 5.93. The molecule has 7 nitrogen and oxygen atoms in total. The van der Waals surface area contributed by atoms with E-state index in [4.69, 9.17) is 5.73 Å². The Morgan fingerprint density at radius 3 is 2.38 bits per heavy atom. The smallest absolute Gasteiger partial charge is 0.231 e. The van der Waals surface area contributed by atoms with Gasteiger partial charge in [0.1, 0.15) is 5.82 Å². The van der Waals surface area contributed by atoms with Gasteiger partial charge in [-0.05, 0) is 29.5 Å². The lowest BCUT2D eigenvalue weighted by molar-refractivity contribution is -0.124. The van der Waals surface area contributed by atoms with E-state index in [9.17, 15) is 9.18 Å². The van der Waals surface area contributed by atoms with Crippen LogP contribution in [0.5, 0.6) is 0 Å². The van der Waals surface area contributed by atoms with Crippen molar-refractivity contribution >= 4 is 17.8 Å². The van der Waals surface area contributed by atoms with Crippen molar-refractivity contribution in [3.8, 4) is 0 Å². The number of hydrogen-bond acceptors (Lipinski definition) is 6. The number of nitrogens with two attached hydrogens (primary N) is 1. The topological polar surface area (TPSA) is 97.0 Å². The highest BCUT2D eigenvalue weighted by atomic mass is 19.1. The average molecular weight is 358 g/mol. The molecule has 1 atom stereocenters. The van der Waals surface area contributed by atoms with Gasteiger partial charge in [-0.15, -0.1) is 0 Å². The van der Waals surface area contributed by atoms with Crippen LogP contribution in [0.1, 0.15) is 31.7 Å². The van der Waals surface area contributed by atoms with Crippen LogP contribution in [0.4, 0.5) is 16.3 Å². The van der Waals surface area contributed by atoms with E-state index in [0.29, 0.717) is 18.2 Å². The first-order chi connectivity index (χ1) is 12.2. The molecular formula is C18H23FN6O. The summed E-state index contributed by atoms with van der Waals surface area (Å²) in [6, 6.07) is 6.12. The molecule has 0 radical (unpaired) electrons. The number of carbonyl (C=O) groups excluding carboxylic acids is 1. The number of nitrogens with zero attached hydrogens (tertiary/aromatic N) is 4. The predicted molar refractivity (Wildman–Crippen MR) is 96.9 cm³/mol. The van der Waals surface area contributed by atoms with E-state index in [2.05, 4.69) is 20.3 Å². The second-order valence-corrected chi connectivity index (χ2v) is 7.46. The SMILES string of the molecule is CN(C)c1nc(N)nc(CNC(=O)[C@@]2(c3ccc(F)cc3)CC2(C)C)n1. The number of carbonyl (C=O) groups is 1. The molecule has 0 saturated heterocycles. The van der Waals surface area contributed by atoms with E-state index < -0.39 is 5.41 Å². The Kier molecular flexibility index (Phi) is 4.29. The molecule has 138 valence electrons. The maximum absolute atomic E-state index is 13.3. The lowest BCUT2D eigenvalue weighted by Crippen LogP contribution is -2.38. The van der Waals surface area contributed by atoms with Crippen LogP contribution in [0.15, 0.2) is 24.3 Å². The second kappa shape index (κ2) is 6.19. The van der Waals surface area contributed by atoms with Crippen LogP contribution < -0.4 is 16.0 Å². The van der Waals surface area contributed by atoms with Gasteiger partial charge in [0.05, 0.1) is 12.0 Å². The van der Waals surface area contributed by atoms with Crippen molar-refractivity contribution in [3.63, 3.8) is 0 Å². The molecule has 8 heteroatoms. The quantitative estimate of drug-likeness (QED) is 0.843. The number of nitrogens with one attached hydrogen (secondary N) is 1. The number of rotatable bonds is 5. The second-order valence-electron chi connectivity index (χ2n) is 7.46. The van der Waals surface area contributed by atoms with E-state index >= 15 is 0 Å². The minimum absolute atomic E-state index is 0.105. The van der Waals surface area contributed by atoms with Crippen molar-refractivity contribution in [1.82, 2.24) is 20.3 Å². The summed E-state index contributed by atoms with van der Waals surface area (Å²) < 4.78 is 13.3. The maximum Gasteiger partial charge on any atom is 0.231 e. The van der Waals surface area contributed by atoms with Gasteiger partial charge >= 0.3 is 0 Å². The molecular weight excluding hydrogens is 335 g/mol. The van der Waals surface area contributed by atoms with Crippen LogP contribution in [0, 0.1) is 11.2 Å². The van der Waals surface area contributed by atoms with Crippen molar-refractivity contribution < 1.29 is 9.18 Å². The Hall–Kier alpha value is -2.77. The minimum atomic E-state index is -0.677. The van der Waals surface area contributed by atoms with Gasteiger partial charge in [-0.2, -0.15) is 15.0 Å². The number of anilines is 2. The van der Waals surface area contributed by atoms with Crippen LogP contribution in [0.2, 0.25) is 0 Å². The molecule has 0 aliphatic heterocycles. The molecule has 3 rings (SSSR count). The van der Waals surface area contributed by atoms with E-state index in [1.807, 2.05) is 13.8 Å². The van der Waals surface area contributed by atoms with Gasteiger partial charge in [-0.3, -0.25) is 4.79 Å². The molecule has 1 amide bonds. The fourth-order valence-corrected chi connectivity index (χ4v) is 3.38. The maximum atomic E-state index is 13.3. The molecule has 0 bridgehead atoms. The highest BCUT2D eigenvalue weighted by Gasteiger charge is 2.66. The molecule has 2 aromatic rings. The summed E-state index contributed by atoms with van der Waals surface area (Å²) in [5.41, 5.74) is 5.64. The van der Waals surface area contributed by atoms with E-state index in [1.54, 1.807) is 31.1 Å². The van der Waals surface area contributed by atoms with E-state index in [1.165, 1.54) is 12.1 Å². The monoisotopic (exact) mass is 358 g/mol. The Bertz CT molecular complexity index is 836. The zero-order valence-corrected chi connectivity index (χ0v) is 15.4. The van der Waals surface area contributed by atoms with Gasteiger partial charge in [0, 0.05) is 14.1 Å². The Labute approximate surface area is 151 Å². The number of hydrogen-bond donors (Lipinski definition) is 2. The van der Waals surface area contributed by atoms with Gasteiger partial charge in [0.25, 0.3) is 0 Å². The van der Waals surface area contributed by atoms with Crippen molar-refractivity contribution in [2.24, 2.45) is 5.41 Å². The minimum Gasteiger partial charge on any atom is -0.368 e. The van der Waals surface area contributed by atoms with Crippen LogP contribution in [0.3, 0.4) is 0 Å². The lowest BCUT2D eigenvalue weighted by Gasteiger charge is -2.21. The first-order valence-electron chi connectivity index (χ1n) is 8.38. The number of nitrogen functional groups attached to an aromatic ring is 1. The van der Waals surface area contributed by atoms with Gasteiger partial charge in [0.15, 0.2) is 5.82 Å². The molecule has 1 aromatic heterocycles. The van der Waals surface area contributed by atoms with Crippen molar-refractivity contribution in [2.45, 2.75) is 32.2 Å². The van der Waals surface area contributed by atoms with Crippen LogP contribution >= 0.6 is 0 Å². The molecule has 3 N–H and O–H groups in total. The van der Waals surface area contributed by atoms with E-state index in [-0.39, 0.29) is 29.6 Å². The zero-order valence-electron chi connectivity index (χ0n) is 15.4. The van der Waals surface area contributed by atoms with Crippen LogP contribution in [0.25, 0.3) is 0 Å². The molecule has 26 heavy (non-hydrogen) atoms. The molecule has 1 aromatic carbocycles. The van der Waals surface area contributed by atoms with Crippen molar-refractivity contribution in [2.75, 3.05) is 24.7 Å². The fraction of sp³-hybridized carbons (Fsp3) is 0.444. The summed E-state index contributed by atoms with van der Waals surface area (Å²) in [6.45, 7) is 4.20. The summed E-state index contributed by atoms with van der Waals surface area (Å²) in [5, 5.41) is 2.90. The standard InChI is InChI=1S/C18H23FN6O/c1-17(2)10-18(17,11-5-7-12(19)8-6-11)14(26)21-9-13-22-15(20)24-16(23-13)25(3)4/h5-8H,9-10H2,1-4H3,(H,21,26)(H2,20,22,23,24)/t18-/m0/s1. The van der Waals surface area contributed by atoms with Crippen molar-refractivity contribution in [3.05, 3.63) is 41.5 Å². The first kappa shape index (κ1) is 18.0. The zero-order chi connectivity index (χ0) is 19.1. The number of benzene rings is 1. The molecule has 1 heterocycles. The first-order valence-corrected chi connectivity index (χ1v) is 8.38. The molecule has 0 spiro atoms. The third-order valence-corrected chi connectivity index (χ3v) is 4.96. The van der Waals surface area contributed by atoms with Gasteiger partial charge < -0.3 is 16.0 Å². The van der Waals surface area contributed by atoms with Gasteiger partial charge in [-0.25, -0.2) is 4.39 Å². The molecule has 0 unspecified atom stereocenters. The Morgan fingerprint density at radius 1 is 1.23 bits per heavy atom. The highest BCUT2D eigenvalue weighted by Crippen LogP contribution is 2.64. The average Bonchev–Trinajstić information content (AvgIpc) is 3.16. The van der Waals surface area contributed by atoms with Crippen LogP contribution in [-0.2, 0) is 16.8 Å². The Morgan fingerprint density at radius 2 is 1.85 bits per heavy atom. The summed E-state index contributed by atoms with van der Waals surface area (Å²) in [4.78, 5) is 27.1. The third kappa shape index (κ3) is 3.07. The number of amides is 1. The van der Waals surface area contributed by atoms with Crippen LogP contribution in [-0.4, -0.2) is 35.0 Å². The van der Waals surface area contributed by atoms with Gasteiger partial charge in [0.2, 0.25) is 17.8 Å². The molecule has 1 aliphatic carbocycles. The van der Waals surface area contributed by atoms with Crippen molar-refractivity contribution in [1.29, 1.82) is 0 Å². The molecule has 1 saturated carbocycles. The number of halogens is 1. The summed E-state index contributed by atoms with van der Waals surface area (Å²) in [6.07, 6.45) is 0.694. The number of aromatic nitrogens is 3. The lowest BCUT2D eigenvalue weighted by atomic mass is 9.87. The Balaban J connectivity index is 1.80. The third-order valence-electron chi connectivity index (χ3n) is 4.96. The van der Waals surface area contributed by atoms with E-state index in [0.717, 1.165) is 5.56 Å².